The number of phenols is 1. The first-order valence-electron chi connectivity index (χ1n) is 7.65. The highest BCUT2D eigenvalue weighted by atomic mass is 35.5. The van der Waals surface area contributed by atoms with Crippen LogP contribution in [0.15, 0.2) is 48.4 Å². The highest BCUT2D eigenvalue weighted by molar-refractivity contribution is 6.30. The van der Waals surface area contributed by atoms with Crippen LogP contribution in [0.1, 0.15) is 20.7 Å². The van der Waals surface area contributed by atoms with Crippen molar-refractivity contribution in [3.63, 3.8) is 0 Å². The summed E-state index contributed by atoms with van der Waals surface area (Å²) < 4.78 is 54.8. The Morgan fingerprint density at radius 2 is 2.00 bits per heavy atom. The molecule has 1 nitrogen and oxygen atoms in total. The molecule has 0 saturated heterocycles. The van der Waals surface area contributed by atoms with E-state index in [4.69, 9.17) is 21.2 Å². The molecule has 0 aromatic heterocycles. The van der Waals surface area contributed by atoms with Crippen molar-refractivity contribution < 1.29 is 14.7 Å². The lowest BCUT2D eigenvalue weighted by atomic mass is 10.0. The Labute approximate surface area is 104 Å². The lowest BCUT2D eigenvalue weighted by Crippen LogP contribution is -1.88. The monoisotopic (exact) mass is 225 g/mol. The van der Waals surface area contributed by atoms with Gasteiger partial charge in [0.15, 0.2) is 0 Å². The summed E-state index contributed by atoms with van der Waals surface area (Å²) in [5.41, 5.74) is -0.811. The first-order valence-corrected chi connectivity index (χ1v) is 4.53. The van der Waals surface area contributed by atoms with Gasteiger partial charge in [0.05, 0.1) is 6.85 Å². The van der Waals surface area contributed by atoms with E-state index in [2.05, 4.69) is 0 Å². The zero-order valence-corrected chi connectivity index (χ0v) is 8.31. The summed E-state index contributed by atoms with van der Waals surface area (Å²) in [4.78, 5) is 0. The molecule has 2 rings (SSSR count). The van der Waals surface area contributed by atoms with Crippen molar-refractivity contribution in [2.75, 3.05) is 0 Å². The zero-order chi connectivity index (χ0) is 16.8. The fraction of sp³-hybridized carbons (Fsp3) is 0.0769. The summed E-state index contributed by atoms with van der Waals surface area (Å²) in [5, 5.41) is 10.0. The minimum Gasteiger partial charge on any atom is -0.508 e. The molecule has 1 N–H and O–H groups in total. The summed E-state index contributed by atoms with van der Waals surface area (Å²) >= 11 is 5.80. The number of hydrogen-bond acceptors (Lipinski definition) is 1. The van der Waals surface area contributed by atoms with E-state index in [1.807, 2.05) is 0 Å². The molecule has 0 heterocycles. The normalized spacial score (nSPS) is 17.8. The number of halogens is 1. The molecule has 0 aliphatic heterocycles. The van der Waals surface area contributed by atoms with Crippen LogP contribution in [0.2, 0.25) is 5.02 Å². The quantitative estimate of drug-likeness (QED) is 0.828. The van der Waals surface area contributed by atoms with E-state index < -0.39 is 47.9 Å². The third kappa shape index (κ3) is 2.51. The van der Waals surface area contributed by atoms with Crippen molar-refractivity contribution in [3.05, 3.63) is 64.6 Å². The van der Waals surface area contributed by atoms with E-state index >= 15 is 0 Å². The van der Waals surface area contributed by atoms with Crippen molar-refractivity contribution in [3.8, 4) is 5.75 Å². The van der Waals surface area contributed by atoms with E-state index in [-0.39, 0.29) is 10.6 Å². The molecule has 0 aliphatic carbocycles. The molecule has 2 aromatic rings. The second kappa shape index (κ2) is 4.37. The average molecular weight is 226 g/mol. The molecule has 0 fully saturated rings. The third-order valence-electron chi connectivity index (χ3n) is 1.72. The van der Waals surface area contributed by atoms with Crippen molar-refractivity contribution in [1.29, 1.82) is 0 Å². The fourth-order valence-corrected chi connectivity index (χ4v) is 1.23. The Kier molecular flexibility index (Phi) is 1.33. The summed E-state index contributed by atoms with van der Waals surface area (Å²) in [6, 6.07) is 0.513. The Morgan fingerprint density at radius 3 is 2.73 bits per heavy atom. The molecule has 0 atom stereocenters. The van der Waals surface area contributed by atoms with Gasteiger partial charge in [0.2, 0.25) is 0 Å². The van der Waals surface area contributed by atoms with Crippen LogP contribution in [0.3, 0.4) is 0 Å². The number of rotatable bonds is 2. The van der Waals surface area contributed by atoms with E-state index in [1.54, 1.807) is 0 Å². The minimum atomic E-state index is -2.51. The molecule has 15 heavy (non-hydrogen) atoms. The SMILES string of the molecule is [2H]c1c([2H])c([2H])c(C([2H])([2H])c2cc(Cl)ccc2O)c([2H])c1[2H]. The van der Waals surface area contributed by atoms with Gasteiger partial charge >= 0.3 is 0 Å². The minimum absolute atomic E-state index is 0.157. The lowest BCUT2D eigenvalue weighted by Gasteiger charge is -2.05. The van der Waals surface area contributed by atoms with Crippen molar-refractivity contribution >= 4 is 11.6 Å². The van der Waals surface area contributed by atoms with Gasteiger partial charge in [-0.15, -0.1) is 0 Å². The third-order valence-corrected chi connectivity index (χ3v) is 1.95. The largest absolute Gasteiger partial charge is 0.508 e. The predicted octanol–water partition coefficient (Wildman–Crippen LogP) is 3.64. The number of hydrogen-bond donors (Lipinski definition) is 1. The summed E-state index contributed by atoms with van der Waals surface area (Å²) in [5.74, 6) is -0.416. The second-order valence-electron chi connectivity index (χ2n) is 2.79. The van der Waals surface area contributed by atoms with Gasteiger partial charge in [-0.2, -0.15) is 0 Å². The molecule has 0 amide bonds. The van der Waals surface area contributed by atoms with E-state index in [1.165, 1.54) is 12.1 Å². The second-order valence-corrected chi connectivity index (χ2v) is 3.22. The standard InChI is InChI=1S/C13H11ClO/c14-12-6-7-13(15)11(9-12)8-10-4-2-1-3-5-10/h1-7,9,15H,8H2/i1D,2D,3D,4D,5D,8D2. The Bertz CT molecular complexity index is 732. The number of aromatic hydroxyl groups is 1. The Morgan fingerprint density at radius 1 is 1.27 bits per heavy atom. The maximum atomic E-state index is 9.86. The van der Waals surface area contributed by atoms with E-state index in [9.17, 15) is 5.11 Å². The molecule has 0 aliphatic rings. The van der Waals surface area contributed by atoms with Crippen LogP contribution in [-0.2, 0) is 6.37 Å². The molecule has 0 unspecified atom stereocenters. The first-order chi connectivity index (χ1) is 10.1. The molecule has 2 heteroatoms. The maximum absolute atomic E-state index is 9.86. The number of benzene rings is 2. The van der Waals surface area contributed by atoms with Gasteiger partial charge in [-0.1, -0.05) is 41.8 Å². The van der Waals surface area contributed by atoms with Gasteiger partial charge in [0.25, 0.3) is 0 Å². The lowest BCUT2D eigenvalue weighted by molar-refractivity contribution is 0.469. The highest BCUT2D eigenvalue weighted by Crippen LogP contribution is 2.23. The summed E-state index contributed by atoms with van der Waals surface area (Å²) in [6.07, 6.45) is -2.51. The molecule has 2 aromatic carbocycles. The fourth-order valence-electron chi connectivity index (χ4n) is 1.06. The highest BCUT2D eigenvalue weighted by Gasteiger charge is 2.02. The number of phenolic OH excluding ortho intramolecular Hbond substituents is 1. The first kappa shape index (κ1) is 4.58. The summed E-state index contributed by atoms with van der Waals surface area (Å²) in [6.45, 7) is 0. The predicted molar refractivity (Wildman–Crippen MR) is 62.4 cm³/mol. The summed E-state index contributed by atoms with van der Waals surface area (Å²) in [7, 11) is 0. The van der Waals surface area contributed by atoms with Crippen molar-refractivity contribution in [2.24, 2.45) is 0 Å². The Hall–Kier alpha value is -1.47. The Balaban J connectivity index is 2.82. The van der Waals surface area contributed by atoms with E-state index in [0.29, 0.717) is 0 Å². The van der Waals surface area contributed by atoms with E-state index in [0.717, 1.165) is 6.07 Å². The van der Waals surface area contributed by atoms with Crippen LogP contribution in [0.5, 0.6) is 5.75 Å². The van der Waals surface area contributed by atoms with Crippen LogP contribution in [-0.4, -0.2) is 5.11 Å². The van der Waals surface area contributed by atoms with Crippen molar-refractivity contribution in [2.45, 2.75) is 6.37 Å². The van der Waals surface area contributed by atoms with Gasteiger partial charge in [0, 0.05) is 14.1 Å². The van der Waals surface area contributed by atoms with Gasteiger partial charge < -0.3 is 5.11 Å². The molecular formula is C13H11ClO. The van der Waals surface area contributed by atoms with Crippen molar-refractivity contribution in [1.82, 2.24) is 0 Å². The van der Waals surface area contributed by atoms with Gasteiger partial charge in [0.1, 0.15) is 5.75 Å². The van der Waals surface area contributed by atoms with Gasteiger partial charge in [-0.05, 0) is 29.3 Å². The maximum Gasteiger partial charge on any atom is 0.119 e. The molecule has 0 saturated carbocycles. The zero-order valence-electron chi connectivity index (χ0n) is 14.6. The topological polar surface area (TPSA) is 20.2 Å². The van der Waals surface area contributed by atoms with Crippen LogP contribution in [0.4, 0.5) is 0 Å². The molecule has 0 radical (unpaired) electrons. The average Bonchev–Trinajstić information content (AvgIpc) is 2.45. The molecular weight excluding hydrogens is 208 g/mol. The molecule has 76 valence electrons. The van der Waals surface area contributed by atoms with Gasteiger partial charge in [-0.3, -0.25) is 0 Å². The van der Waals surface area contributed by atoms with Crippen LogP contribution in [0.25, 0.3) is 0 Å². The van der Waals surface area contributed by atoms with Crippen LogP contribution in [0, 0.1) is 0 Å². The molecule has 0 bridgehead atoms. The van der Waals surface area contributed by atoms with Crippen LogP contribution < -0.4 is 0 Å². The smallest absolute Gasteiger partial charge is 0.119 e. The van der Waals surface area contributed by atoms with Crippen LogP contribution >= 0.6 is 11.6 Å². The molecule has 0 spiro atoms. The van der Waals surface area contributed by atoms with Gasteiger partial charge in [-0.25, -0.2) is 0 Å².